The van der Waals surface area contributed by atoms with Crippen LogP contribution in [0.5, 0.6) is 34.5 Å². The zero-order chi connectivity index (χ0) is 26.5. The normalized spacial score (nSPS) is 11.5. The van der Waals surface area contributed by atoms with E-state index in [1.54, 1.807) is 24.3 Å². The van der Waals surface area contributed by atoms with Crippen LogP contribution in [-0.4, -0.2) is 32.6 Å². The zero-order valence-electron chi connectivity index (χ0n) is 22.4. The molecule has 0 spiro atoms. The van der Waals surface area contributed by atoms with E-state index in [-0.39, 0.29) is 28.4 Å². The highest BCUT2D eigenvalue weighted by Gasteiger charge is 2.28. The maximum absolute atomic E-state index is 9.68. The van der Waals surface area contributed by atoms with Crippen LogP contribution in [0.15, 0.2) is 36.4 Å². The van der Waals surface area contributed by atoms with Crippen molar-refractivity contribution in [3.63, 3.8) is 0 Å². The van der Waals surface area contributed by atoms with Gasteiger partial charge in [0.1, 0.15) is 5.60 Å². The van der Waals surface area contributed by atoms with Crippen molar-refractivity contribution >= 4 is 0 Å². The SMILES string of the molecule is CC(C)(C)CC(C)(C)Oc1cccc(O)c1O.CCCCCCCCCOc1cccc(O)c1O. The molecule has 0 atom stereocenters. The minimum Gasteiger partial charge on any atom is -0.504 e. The van der Waals surface area contributed by atoms with Crippen LogP contribution in [0.4, 0.5) is 0 Å². The number of phenolic OH excluding ortho intramolecular Hbond substituents is 4. The molecule has 35 heavy (non-hydrogen) atoms. The molecule has 0 aliphatic heterocycles. The second-order valence-electron chi connectivity index (χ2n) is 10.8. The van der Waals surface area contributed by atoms with Gasteiger partial charge in [0.05, 0.1) is 6.61 Å². The molecule has 0 fully saturated rings. The third-order valence-corrected chi connectivity index (χ3v) is 5.30. The fourth-order valence-corrected chi connectivity index (χ4v) is 4.07. The molecule has 0 saturated carbocycles. The van der Waals surface area contributed by atoms with Crippen LogP contribution in [0.3, 0.4) is 0 Å². The number of phenols is 4. The van der Waals surface area contributed by atoms with Gasteiger partial charge in [-0.15, -0.1) is 0 Å². The van der Waals surface area contributed by atoms with Crippen molar-refractivity contribution < 1.29 is 29.9 Å². The van der Waals surface area contributed by atoms with Crippen molar-refractivity contribution in [2.75, 3.05) is 6.61 Å². The van der Waals surface area contributed by atoms with Crippen LogP contribution in [0.25, 0.3) is 0 Å². The van der Waals surface area contributed by atoms with Gasteiger partial charge in [0, 0.05) is 0 Å². The quantitative estimate of drug-likeness (QED) is 0.178. The standard InChI is InChI=1S/C15H24O3.C14H22O3/c1-2-3-4-5-6-7-8-12-18-14-11-9-10-13(16)15(14)17;1-13(2,3)9-14(4,5)17-11-8-6-7-10(15)12(11)16/h9-11,16-17H,2-8,12H2,1H3;6-8,15-16H,9H2,1-5H3. The van der Waals surface area contributed by atoms with Crippen LogP contribution >= 0.6 is 0 Å². The summed E-state index contributed by atoms with van der Waals surface area (Å²) >= 11 is 0. The molecule has 198 valence electrons. The fraction of sp³-hybridized carbons (Fsp3) is 0.586. The average Bonchev–Trinajstić information content (AvgIpc) is 2.75. The summed E-state index contributed by atoms with van der Waals surface area (Å²) in [5.74, 6) is 0.0243. The van der Waals surface area contributed by atoms with Gasteiger partial charge in [0.25, 0.3) is 0 Å². The summed E-state index contributed by atoms with van der Waals surface area (Å²) in [7, 11) is 0. The van der Waals surface area contributed by atoms with E-state index in [1.807, 2.05) is 13.8 Å². The van der Waals surface area contributed by atoms with Crippen LogP contribution in [0, 0.1) is 5.41 Å². The number of unbranched alkanes of at least 4 members (excludes halogenated alkanes) is 6. The van der Waals surface area contributed by atoms with Crippen LogP contribution in [-0.2, 0) is 0 Å². The number of hydrogen-bond acceptors (Lipinski definition) is 6. The monoisotopic (exact) mass is 490 g/mol. The molecule has 2 aromatic rings. The molecule has 0 aromatic heterocycles. The predicted molar refractivity (Wildman–Crippen MR) is 142 cm³/mol. The van der Waals surface area contributed by atoms with Gasteiger partial charge < -0.3 is 29.9 Å². The summed E-state index contributed by atoms with van der Waals surface area (Å²) in [6.07, 6.45) is 9.46. The number of rotatable bonds is 12. The Bertz CT molecular complexity index is 870. The Labute approximate surface area is 211 Å². The largest absolute Gasteiger partial charge is 0.504 e. The molecule has 0 aliphatic carbocycles. The molecule has 0 unspecified atom stereocenters. The second kappa shape index (κ2) is 14.6. The van der Waals surface area contributed by atoms with E-state index in [0.29, 0.717) is 18.1 Å². The zero-order valence-corrected chi connectivity index (χ0v) is 22.4. The van der Waals surface area contributed by atoms with E-state index >= 15 is 0 Å². The van der Waals surface area contributed by atoms with Crippen molar-refractivity contribution in [3.8, 4) is 34.5 Å². The minimum absolute atomic E-state index is 0.132. The van der Waals surface area contributed by atoms with E-state index in [4.69, 9.17) is 9.47 Å². The molecule has 0 saturated heterocycles. The van der Waals surface area contributed by atoms with Crippen molar-refractivity contribution in [2.24, 2.45) is 5.41 Å². The van der Waals surface area contributed by atoms with E-state index in [1.165, 1.54) is 44.2 Å². The maximum atomic E-state index is 9.68. The highest BCUT2D eigenvalue weighted by molar-refractivity contribution is 5.49. The van der Waals surface area contributed by atoms with Gasteiger partial charge in [-0.3, -0.25) is 0 Å². The Morgan fingerprint density at radius 2 is 1.14 bits per heavy atom. The first kappa shape index (κ1) is 30.3. The smallest absolute Gasteiger partial charge is 0.200 e. The highest BCUT2D eigenvalue weighted by Crippen LogP contribution is 2.39. The van der Waals surface area contributed by atoms with Gasteiger partial charge in [-0.25, -0.2) is 0 Å². The Kier molecular flexibility index (Phi) is 12.6. The topological polar surface area (TPSA) is 99.4 Å². The average molecular weight is 491 g/mol. The van der Waals surface area contributed by atoms with Crippen LogP contribution in [0.1, 0.15) is 92.9 Å². The van der Waals surface area contributed by atoms with Gasteiger partial charge in [-0.1, -0.05) is 78.4 Å². The molecule has 6 heteroatoms. The van der Waals surface area contributed by atoms with Crippen molar-refractivity contribution in [1.29, 1.82) is 0 Å². The van der Waals surface area contributed by atoms with E-state index in [9.17, 15) is 20.4 Å². The number of para-hydroxylation sites is 2. The number of ether oxygens (including phenoxy) is 2. The Hall–Kier alpha value is -2.76. The third kappa shape index (κ3) is 12.5. The summed E-state index contributed by atoms with van der Waals surface area (Å²) in [5.41, 5.74) is -0.264. The number of benzene rings is 2. The molecule has 0 aliphatic rings. The summed E-state index contributed by atoms with van der Waals surface area (Å²) in [5, 5.41) is 37.9. The van der Waals surface area contributed by atoms with Crippen molar-refractivity contribution in [3.05, 3.63) is 36.4 Å². The Morgan fingerprint density at radius 3 is 1.69 bits per heavy atom. The first-order valence-electron chi connectivity index (χ1n) is 12.7. The fourth-order valence-electron chi connectivity index (χ4n) is 4.07. The predicted octanol–water partition coefficient (Wildman–Crippen LogP) is 7.92. The molecule has 0 radical (unpaired) electrons. The molecule has 6 nitrogen and oxygen atoms in total. The first-order chi connectivity index (χ1) is 16.4. The molecular weight excluding hydrogens is 444 g/mol. The lowest BCUT2D eigenvalue weighted by Gasteiger charge is -2.33. The Balaban J connectivity index is 0.000000351. The Morgan fingerprint density at radius 1 is 0.657 bits per heavy atom. The molecule has 2 rings (SSSR count). The molecule has 4 N–H and O–H groups in total. The lowest BCUT2D eigenvalue weighted by atomic mass is 9.83. The number of aromatic hydroxyl groups is 4. The van der Waals surface area contributed by atoms with Crippen molar-refractivity contribution in [2.45, 2.75) is 98.5 Å². The minimum atomic E-state index is -0.399. The van der Waals surface area contributed by atoms with Gasteiger partial charge in [-0.2, -0.15) is 0 Å². The summed E-state index contributed by atoms with van der Waals surface area (Å²) < 4.78 is 11.2. The molecule has 0 heterocycles. The van der Waals surface area contributed by atoms with E-state index in [0.717, 1.165) is 19.3 Å². The number of hydrogen-bond donors (Lipinski definition) is 4. The molecule has 0 amide bonds. The third-order valence-electron chi connectivity index (χ3n) is 5.30. The highest BCUT2D eigenvalue weighted by atomic mass is 16.5. The lowest BCUT2D eigenvalue weighted by Crippen LogP contribution is -2.33. The van der Waals surface area contributed by atoms with Crippen molar-refractivity contribution in [1.82, 2.24) is 0 Å². The van der Waals surface area contributed by atoms with Gasteiger partial charge >= 0.3 is 0 Å². The molecule has 2 aromatic carbocycles. The summed E-state index contributed by atoms with van der Waals surface area (Å²) in [4.78, 5) is 0. The van der Waals surface area contributed by atoms with E-state index in [2.05, 4.69) is 27.7 Å². The molecule has 0 bridgehead atoms. The summed E-state index contributed by atoms with van der Waals surface area (Å²) in [6, 6.07) is 9.50. The lowest BCUT2D eigenvalue weighted by molar-refractivity contribution is 0.0590. The summed E-state index contributed by atoms with van der Waals surface area (Å²) in [6.45, 7) is 13.2. The van der Waals surface area contributed by atoms with Gasteiger partial charge in [-0.05, 0) is 56.4 Å². The maximum Gasteiger partial charge on any atom is 0.200 e. The van der Waals surface area contributed by atoms with Crippen LogP contribution < -0.4 is 9.47 Å². The second-order valence-corrected chi connectivity index (χ2v) is 10.8. The van der Waals surface area contributed by atoms with Crippen LogP contribution in [0.2, 0.25) is 0 Å². The first-order valence-corrected chi connectivity index (χ1v) is 12.7. The van der Waals surface area contributed by atoms with Gasteiger partial charge in [0.15, 0.2) is 23.0 Å². The van der Waals surface area contributed by atoms with Gasteiger partial charge in [0.2, 0.25) is 11.5 Å². The molecular formula is C29H46O6. The van der Waals surface area contributed by atoms with E-state index < -0.39 is 5.60 Å².